The van der Waals surface area contributed by atoms with E-state index in [4.69, 9.17) is 5.84 Å². The number of hydrogen-bond acceptors (Lipinski definition) is 2. The molecule has 0 fully saturated rings. The van der Waals surface area contributed by atoms with Crippen LogP contribution in [0, 0.1) is 11.6 Å². The van der Waals surface area contributed by atoms with Gasteiger partial charge in [0.1, 0.15) is 11.6 Å². The molecule has 0 amide bonds. The van der Waals surface area contributed by atoms with Gasteiger partial charge in [-0.3, -0.25) is 11.3 Å². The van der Waals surface area contributed by atoms with Crippen LogP contribution < -0.4 is 11.3 Å². The second-order valence-electron chi connectivity index (χ2n) is 4.98. The van der Waals surface area contributed by atoms with E-state index in [1.54, 1.807) is 0 Å². The molecule has 0 aromatic heterocycles. The zero-order valence-corrected chi connectivity index (χ0v) is 11.6. The minimum Gasteiger partial charge on any atom is -0.271 e. The summed E-state index contributed by atoms with van der Waals surface area (Å²) in [5.74, 6) is 4.36. The predicted octanol–water partition coefficient (Wildman–Crippen LogP) is 4.22. The lowest BCUT2D eigenvalue weighted by Gasteiger charge is -2.16. The van der Waals surface area contributed by atoms with Gasteiger partial charge in [0.25, 0.3) is 0 Å². The Balaban J connectivity index is 2.40. The van der Waals surface area contributed by atoms with E-state index in [9.17, 15) is 8.78 Å². The van der Waals surface area contributed by atoms with Crippen molar-refractivity contribution in [2.75, 3.05) is 0 Å². The molecule has 19 heavy (non-hydrogen) atoms. The second-order valence-corrected chi connectivity index (χ2v) is 4.98. The molecule has 2 nitrogen and oxygen atoms in total. The Bertz CT molecular complexity index is 349. The molecule has 1 rings (SSSR count). The summed E-state index contributed by atoms with van der Waals surface area (Å²) in [5, 5.41) is 0. The lowest BCUT2D eigenvalue weighted by Crippen LogP contribution is -2.28. The number of halogens is 2. The van der Waals surface area contributed by atoms with Crippen molar-refractivity contribution in [1.82, 2.24) is 5.43 Å². The highest BCUT2D eigenvalue weighted by Gasteiger charge is 2.11. The summed E-state index contributed by atoms with van der Waals surface area (Å²) in [6, 6.07) is 3.37. The summed E-state index contributed by atoms with van der Waals surface area (Å²) in [5.41, 5.74) is 3.22. The van der Waals surface area contributed by atoms with Gasteiger partial charge in [-0.15, -0.1) is 0 Å². The fourth-order valence-electron chi connectivity index (χ4n) is 2.25. The first-order chi connectivity index (χ1) is 9.17. The van der Waals surface area contributed by atoms with Crippen molar-refractivity contribution in [3.8, 4) is 0 Å². The normalized spacial score (nSPS) is 12.6. The van der Waals surface area contributed by atoms with Crippen molar-refractivity contribution in [3.05, 3.63) is 35.4 Å². The average Bonchev–Trinajstić information content (AvgIpc) is 2.37. The van der Waals surface area contributed by atoms with Crippen LogP contribution in [0.5, 0.6) is 0 Å². The van der Waals surface area contributed by atoms with Gasteiger partial charge in [-0.1, -0.05) is 45.4 Å². The van der Waals surface area contributed by atoms with Crippen LogP contribution >= 0.6 is 0 Å². The molecule has 108 valence electrons. The summed E-state index contributed by atoms with van der Waals surface area (Å²) in [6.45, 7) is 2.19. The highest BCUT2D eigenvalue weighted by molar-refractivity contribution is 5.21. The average molecular weight is 270 g/mol. The van der Waals surface area contributed by atoms with Gasteiger partial charge in [0.15, 0.2) is 0 Å². The van der Waals surface area contributed by atoms with E-state index in [1.165, 1.54) is 37.8 Å². The molecule has 0 spiro atoms. The monoisotopic (exact) mass is 270 g/mol. The summed E-state index contributed by atoms with van der Waals surface area (Å²) < 4.78 is 26.3. The highest BCUT2D eigenvalue weighted by Crippen LogP contribution is 2.21. The molecule has 0 radical (unpaired) electrons. The van der Waals surface area contributed by atoms with E-state index < -0.39 is 11.6 Å². The Kier molecular flexibility index (Phi) is 7.60. The molecule has 1 unspecified atom stereocenters. The topological polar surface area (TPSA) is 38.0 Å². The Hall–Kier alpha value is -1.00. The van der Waals surface area contributed by atoms with E-state index >= 15 is 0 Å². The first-order valence-corrected chi connectivity index (χ1v) is 7.09. The molecule has 4 heteroatoms. The lowest BCUT2D eigenvalue weighted by atomic mass is 10.00. The number of nitrogens with two attached hydrogens (primary N) is 1. The second kappa shape index (κ2) is 8.99. The SMILES string of the molecule is CCCCCCCCC(NN)c1cc(F)cc(F)c1. The molecule has 0 aliphatic carbocycles. The Morgan fingerprint density at radius 2 is 1.58 bits per heavy atom. The van der Waals surface area contributed by atoms with Gasteiger partial charge in [0, 0.05) is 12.1 Å². The molecular weight excluding hydrogens is 246 g/mol. The number of benzene rings is 1. The summed E-state index contributed by atoms with van der Waals surface area (Å²) in [6.07, 6.45) is 7.91. The number of hydrazine groups is 1. The molecule has 0 saturated heterocycles. The maximum atomic E-state index is 13.1. The van der Waals surface area contributed by atoms with Crippen molar-refractivity contribution in [2.24, 2.45) is 5.84 Å². The zero-order valence-electron chi connectivity index (χ0n) is 11.6. The van der Waals surface area contributed by atoms with E-state index in [1.807, 2.05) is 0 Å². The molecule has 0 aliphatic heterocycles. The van der Waals surface area contributed by atoms with Crippen molar-refractivity contribution in [3.63, 3.8) is 0 Å². The van der Waals surface area contributed by atoms with Gasteiger partial charge in [-0.25, -0.2) is 8.78 Å². The molecule has 1 aromatic carbocycles. The highest BCUT2D eigenvalue weighted by atomic mass is 19.1. The first-order valence-electron chi connectivity index (χ1n) is 7.09. The number of rotatable bonds is 9. The maximum absolute atomic E-state index is 13.1. The van der Waals surface area contributed by atoms with Gasteiger partial charge in [0.2, 0.25) is 0 Å². The summed E-state index contributed by atoms with van der Waals surface area (Å²) in [7, 11) is 0. The molecule has 1 atom stereocenters. The quantitative estimate of drug-likeness (QED) is 0.400. The van der Waals surface area contributed by atoms with Crippen LogP contribution in [0.2, 0.25) is 0 Å². The van der Waals surface area contributed by atoms with Gasteiger partial charge in [0.05, 0.1) is 0 Å². The molecule has 0 heterocycles. The Morgan fingerprint density at radius 1 is 1.00 bits per heavy atom. The van der Waals surface area contributed by atoms with Gasteiger partial charge in [-0.2, -0.15) is 0 Å². The van der Waals surface area contributed by atoms with Crippen molar-refractivity contribution in [1.29, 1.82) is 0 Å². The maximum Gasteiger partial charge on any atom is 0.126 e. The largest absolute Gasteiger partial charge is 0.271 e. The van der Waals surface area contributed by atoms with Crippen LogP contribution in [0.3, 0.4) is 0 Å². The van der Waals surface area contributed by atoms with Crippen LogP contribution in [0.1, 0.15) is 63.5 Å². The third-order valence-electron chi connectivity index (χ3n) is 3.33. The van der Waals surface area contributed by atoms with E-state index in [0.29, 0.717) is 5.56 Å². The number of nitrogens with one attached hydrogen (secondary N) is 1. The van der Waals surface area contributed by atoms with E-state index in [-0.39, 0.29) is 6.04 Å². The van der Waals surface area contributed by atoms with Crippen molar-refractivity contribution in [2.45, 2.75) is 57.9 Å². The standard InChI is InChI=1S/C15H24F2N2/c1-2-3-4-5-6-7-8-15(19-18)12-9-13(16)11-14(17)10-12/h9-11,15,19H,2-8,18H2,1H3. The third-order valence-corrected chi connectivity index (χ3v) is 3.33. The summed E-state index contributed by atoms with van der Waals surface area (Å²) in [4.78, 5) is 0. The van der Waals surface area contributed by atoms with Crippen LogP contribution in [-0.2, 0) is 0 Å². The van der Waals surface area contributed by atoms with Crippen molar-refractivity contribution < 1.29 is 8.78 Å². The van der Waals surface area contributed by atoms with Crippen LogP contribution in [-0.4, -0.2) is 0 Å². The number of unbranched alkanes of at least 4 members (excludes halogenated alkanes) is 5. The molecule has 0 bridgehead atoms. The molecule has 0 saturated carbocycles. The van der Waals surface area contributed by atoms with E-state index in [2.05, 4.69) is 12.3 Å². The minimum atomic E-state index is -0.557. The van der Waals surface area contributed by atoms with E-state index in [0.717, 1.165) is 25.3 Å². The number of hydrogen-bond donors (Lipinski definition) is 2. The predicted molar refractivity (Wildman–Crippen MR) is 74.4 cm³/mol. The Labute approximate surface area is 114 Å². The summed E-state index contributed by atoms with van der Waals surface area (Å²) >= 11 is 0. The van der Waals surface area contributed by atoms with Gasteiger partial charge in [-0.05, 0) is 24.1 Å². The smallest absolute Gasteiger partial charge is 0.126 e. The Morgan fingerprint density at radius 3 is 2.16 bits per heavy atom. The molecule has 1 aromatic rings. The van der Waals surface area contributed by atoms with Crippen LogP contribution in [0.25, 0.3) is 0 Å². The van der Waals surface area contributed by atoms with Gasteiger partial charge < -0.3 is 0 Å². The van der Waals surface area contributed by atoms with Gasteiger partial charge >= 0.3 is 0 Å². The van der Waals surface area contributed by atoms with Crippen LogP contribution in [0.4, 0.5) is 8.78 Å². The fraction of sp³-hybridized carbons (Fsp3) is 0.600. The minimum absolute atomic E-state index is 0.184. The molecular formula is C15H24F2N2. The molecule has 3 N–H and O–H groups in total. The zero-order chi connectivity index (χ0) is 14.1. The van der Waals surface area contributed by atoms with Crippen LogP contribution in [0.15, 0.2) is 18.2 Å². The molecule has 0 aliphatic rings. The fourth-order valence-corrected chi connectivity index (χ4v) is 2.25. The lowest BCUT2D eigenvalue weighted by molar-refractivity contribution is 0.470. The first kappa shape index (κ1) is 16.1. The van der Waals surface area contributed by atoms with Crippen molar-refractivity contribution >= 4 is 0 Å². The third kappa shape index (κ3) is 6.12.